The highest BCUT2D eigenvalue weighted by atomic mass is 16.5. The molecule has 2 amide bonds. The zero-order chi connectivity index (χ0) is 24.1. The van der Waals surface area contributed by atoms with E-state index in [1.807, 2.05) is 73.5 Å². The lowest BCUT2D eigenvalue weighted by Crippen LogP contribution is -2.34. The van der Waals surface area contributed by atoms with Crippen LogP contribution in [0.1, 0.15) is 30.0 Å². The first-order valence-electron chi connectivity index (χ1n) is 11.1. The Labute approximate surface area is 199 Å². The SMILES string of the molecule is CCCOc1ccc(C2=C(N(C)Cc3ccccc3)C(=O)N(c3ccc(C#N)cc3)C2=O)cc1. The molecule has 6 nitrogen and oxygen atoms in total. The number of nitriles is 1. The zero-order valence-electron chi connectivity index (χ0n) is 19.2. The van der Waals surface area contributed by atoms with Crippen LogP contribution in [0.15, 0.2) is 84.6 Å². The van der Waals surface area contributed by atoms with Crippen LogP contribution < -0.4 is 9.64 Å². The summed E-state index contributed by atoms with van der Waals surface area (Å²) in [5.74, 6) is -0.0765. The molecular weight excluding hydrogens is 426 g/mol. The molecule has 170 valence electrons. The maximum absolute atomic E-state index is 13.6. The summed E-state index contributed by atoms with van der Waals surface area (Å²) in [6.07, 6.45) is 0.897. The molecule has 34 heavy (non-hydrogen) atoms. The number of carbonyl (C=O) groups excluding carboxylic acids is 2. The van der Waals surface area contributed by atoms with Crippen molar-refractivity contribution < 1.29 is 14.3 Å². The normalized spacial score (nSPS) is 13.3. The highest BCUT2D eigenvalue weighted by molar-refractivity contribution is 6.45. The molecule has 0 atom stereocenters. The summed E-state index contributed by atoms with van der Waals surface area (Å²) in [5.41, 5.74) is 3.23. The molecule has 1 aliphatic heterocycles. The summed E-state index contributed by atoms with van der Waals surface area (Å²) in [6.45, 7) is 3.11. The topological polar surface area (TPSA) is 73.6 Å². The van der Waals surface area contributed by atoms with Gasteiger partial charge in [0.2, 0.25) is 0 Å². The lowest BCUT2D eigenvalue weighted by molar-refractivity contribution is -0.120. The number of ether oxygens (including phenoxy) is 1. The molecule has 0 N–H and O–H groups in total. The van der Waals surface area contributed by atoms with Crippen LogP contribution in [0.5, 0.6) is 5.75 Å². The molecule has 1 aliphatic rings. The summed E-state index contributed by atoms with van der Waals surface area (Å²) in [4.78, 5) is 30.2. The average Bonchev–Trinajstić information content (AvgIpc) is 3.13. The van der Waals surface area contributed by atoms with Crippen molar-refractivity contribution in [3.63, 3.8) is 0 Å². The number of anilines is 1. The van der Waals surface area contributed by atoms with E-state index in [2.05, 4.69) is 6.07 Å². The Morgan fingerprint density at radius 3 is 2.21 bits per heavy atom. The molecule has 3 aromatic rings. The molecule has 0 fully saturated rings. The Bertz CT molecular complexity index is 1260. The second-order valence-electron chi connectivity index (χ2n) is 8.04. The maximum Gasteiger partial charge on any atom is 0.282 e. The third-order valence-corrected chi connectivity index (χ3v) is 5.57. The minimum atomic E-state index is -0.396. The third-order valence-electron chi connectivity index (χ3n) is 5.57. The van der Waals surface area contributed by atoms with Crippen molar-refractivity contribution in [3.05, 3.63) is 101 Å². The molecule has 0 aliphatic carbocycles. The highest BCUT2D eigenvalue weighted by Crippen LogP contribution is 2.35. The quantitative estimate of drug-likeness (QED) is 0.462. The van der Waals surface area contributed by atoms with Crippen LogP contribution in [0.2, 0.25) is 0 Å². The summed E-state index contributed by atoms with van der Waals surface area (Å²) < 4.78 is 5.67. The Kier molecular flexibility index (Phi) is 6.74. The van der Waals surface area contributed by atoms with Gasteiger partial charge in [-0.15, -0.1) is 0 Å². The fourth-order valence-electron chi connectivity index (χ4n) is 3.93. The molecular formula is C28H25N3O3. The first-order valence-corrected chi connectivity index (χ1v) is 11.1. The van der Waals surface area contributed by atoms with E-state index in [1.165, 1.54) is 4.90 Å². The lowest BCUT2D eigenvalue weighted by atomic mass is 10.0. The standard InChI is InChI=1S/C28H25N3O3/c1-3-17-34-24-15-11-22(12-16-24)25-26(30(2)19-21-7-5-4-6-8-21)28(33)31(27(25)32)23-13-9-20(18-29)10-14-23/h4-16H,3,17,19H2,1-2H3. The first-order chi connectivity index (χ1) is 16.5. The van der Waals surface area contributed by atoms with Gasteiger partial charge in [0.15, 0.2) is 0 Å². The number of hydrogen-bond donors (Lipinski definition) is 0. The molecule has 0 saturated carbocycles. The molecule has 0 unspecified atom stereocenters. The summed E-state index contributed by atoms with van der Waals surface area (Å²) >= 11 is 0. The summed E-state index contributed by atoms with van der Waals surface area (Å²) in [5, 5.41) is 9.10. The van der Waals surface area contributed by atoms with Crippen LogP contribution >= 0.6 is 0 Å². The second-order valence-corrected chi connectivity index (χ2v) is 8.04. The van der Waals surface area contributed by atoms with Crippen molar-refractivity contribution in [1.82, 2.24) is 4.90 Å². The summed E-state index contributed by atoms with van der Waals surface area (Å²) in [6, 6.07) is 25.5. The number of benzene rings is 3. The Hall–Kier alpha value is -4.37. The maximum atomic E-state index is 13.6. The predicted molar refractivity (Wildman–Crippen MR) is 131 cm³/mol. The van der Waals surface area contributed by atoms with Gasteiger partial charge >= 0.3 is 0 Å². The molecule has 4 rings (SSSR count). The minimum absolute atomic E-state index is 0.334. The molecule has 0 saturated heterocycles. The van der Waals surface area contributed by atoms with Gasteiger partial charge in [0.1, 0.15) is 11.4 Å². The van der Waals surface area contributed by atoms with Crippen LogP contribution in [0.3, 0.4) is 0 Å². The zero-order valence-corrected chi connectivity index (χ0v) is 19.2. The van der Waals surface area contributed by atoms with Crippen molar-refractivity contribution >= 4 is 23.1 Å². The molecule has 0 aromatic heterocycles. The van der Waals surface area contributed by atoms with Crippen molar-refractivity contribution in [1.29, 1.82) is 5.26 Å². The van der Waals surface area contributed by atoms with Gasteiger partial charge in [-0.3, -0.25) is 9.59 Å². The number of imide groups is 1. The van der Waals surface area contributed by atoms with Gasteiger partial charge in [0.05, 0.1) is 29.5 Å². The number of nitrogens with zero attached hydrogens (tertiary/aromatic N) is 3. The van der Waals surface area contributed by atoms with E-state index in [0.29, 0.717) is 47.0 Å². The van der Waals surface area contributed by atoms with Crippen LogP contribution in [-0.4, -0.2) is 30.4 Å². The van der Waals surface area contributed by atoms with E-state index in [4.69, 9.17) is 10.00 Å². The fourth-order valence-corrected chi connectivity index (χ4v) is 3.93. The van der Waals surface area contributed by atoms with Crippen LogP contribution in [0.25, 0.3) is 5.57 Å². The smallest absolute Gasteiger partial charge is 0.282 e. The van der Waals surface area contributed by atoms with E-state index in [0.717, 1.165) is 12.0 Å². The van der Waals surface area contributed by atoms with E-state index >= 15 is 0 Å². The molecule has 3 aromatic carbocycles. The van der Waals surface area contributed by atoms with Gasteiger partial charge in [-0.2, -0.15) is 5.26 Å². The van der Waals surface area contributed by atoms with Gasteiger partial charge in [-0.25, -0.2) is 4.90 Å². The summed E-state index contributed by atoms with van der Waals surface area (Å²) in [7, 11) is 1.81. The number of rotatable bonds is 8. The van der Waals surface area contributed by atoms with E-state index in [1.54, 1.807) is 24.3 Å². The number of hydrogen-bond acceptors (Lipinski definition) is 5. The van der Waals surface area contributed by atoms with Crippen molar-refractivity contribution in [3.8, 4) is 11.8 Å². The van der Waals surface area contributed by atoms with E-state index in [9.17, 15) is 9.59 Å². The van der Waals surface area contributed by atoms with Gasteiger partial charge in [-0.1, -0.05) is 49.4 Å². The van der Waals surface area contributed by atoms with Gasteiger partial charge < -0.3 is 9.64 Å². The van der Waals surface area contributed by atoms with Crippen LogP contribution in [0, 0.1) is 11.3 Å². The lowest BCUT2D eigenvalue weighted by Gasteiger charge is -2.21. The van der Waals surface area contributed by atoms with E-state index < -0.39 is 11.8 Å². The molecule has 0 radical (unpaired) electrons. The number of carbonyl (C=O) groups is 2. The second kappa shape index (κ2) is 10.1. The molecule has 0 bridgehead atoms. The molecule has 0 spiro atoms. The van der Waals surface area contributed by atoms with Crippen LogP contribution in [0.4, 0.5) is 5.69 Å². The Morgan fingerprint density at radius 1 is 0.912 bits per heavy atom. The fraction of sp³-hybridized carbons (Fsp3) is 0.179. The van der Waals surface area contributed by atoms with Crippen molar-refractivity contribution in [2.24, 2.45) is 0 Å². The predicted octanol–water partition coefficient (Wildman–Crippen LogP) is 4.76. The largest absolute Gasteiger partial charge is 0.494 e. The van der Waals surface area contributed by atoms with E-state index in [-0.39, 0.29) is 0 Å². The first kappa shape index (κ1) is 22.8. The Morgan fingerprint density at radius 2 is 1.59 bits per heavy atom. The average molecular weight is 452 g/mol. The van der Waals surface area contributed by atoms with Gasteiger partial charge in [0.25, 0.3) is 11.8 Å². The number of amides is 2. The molecule has 1 heterocycles. The molecule has 6 heteroatoms. The van der Waals surface area contributed by atoms with Gasteiger partial charge in [0, 0.05) is 13.6 Å². The Balaban J connectivity index is 1.74. The third kappa shape index (κ3) is 4.55. The number of likely N-dealkylation sites (N-methyl/N-ethyl adjacent to an activating group) is 1. The monoisotopic (exact) mass is 451 g/mol. The van der Waals surface area contributed by atoms with Crippen molar-refractivity contribution in [2.45, 2.75) is 19.9 Å². The highest BCUT2D eigenvalue weighted by Gasteiger charge is 2.41. The van der Waals surface area contributed by atoms with Crippen LogP contribution in [-0.2, 0) is 16.1 Å². The van der Waals surface area contributed by atoms with Crippen molar-refractivity contribution in [2.75, 3.05) is 18.6 Å². The minimum Gasteiger partial charge on any atom is -0.494 e. The van der Waals surface area contributed by atoms with Gasteiger partial charge in [-0.05, 0) is 53.9 Å².